The minimum atomic E-state index is -3.66. The fraction of sp³-hybridized carbons (Fsp3) is 0.538. The molecule has 0 atom stereocenters. The van der Waals surface area contributed by atoms with Crippen molar-refractivity contribution in [2.45, 2.75) is 51.0 Å². The van der Waals surface area contributed by atoms with Crippen LogP contribution >= 0.6 is 0 Å². The summed E-state index contributed by atoms with van der Waals surface area (Å²) in [5.74, 6) is 0. The van der Waals surface area contributed by atoms with Crippen molar-refractivity contribution in [3.63, 3.8) is 0 Å². The number of hydrogen-bond donors (Lipinski definition) is 0. The molecule has 0 aromatic heterocycles. The van der Waals surface area contributed by atoms with E-state index in [-0.39, 0.29) is 4.90 Å². The third kappa shape index (κ3) is 3.82. The second-order valence-corrected chi connectivity index (χ2v) is 6.20. The number of hydrogen-bond acceptors (Lipinski definition) is 3. The summed E-state index contributed by atoms with van der Waals surface area (Å²) in [5, 5.41) is 0. The van der Waals surface area contributed by atoms with E-state index in [0.29, 0.717) is 6.42 Å². The Morgan fingerprint density at radius 3 is 2.41 bits per heavy atom. The molecule has 0 aliphatic carbocycles. The summed E-state index contributed by atoms with van der Waals surface area (Å²) in [6, 6.07) is 6.89. The van der Waals surface area contributed by atoms with E-state index < -0.39 is 15.7 Å². The van der Waals surface area contributed by atoms with Gasteiger partial charge in [-0.25, -0.2) is 0 Å². The van der Waals surface area contributed by atoms with Gasteiger partial charge in [-0.3, -0.25) is 4.18 Å². The molecule has 1 aromatic carbocycles. The minimum absolute atomic E-state index is 0.235. The zero-order valence-electron chi connectivity index (χ0n) is 10.9. The van der Waals surface area contributed by atoms with Gasteiger partial charge in [0.25, 0.3) is 10.1 Å². The maximum atomic E-state index is 12.1. The van der Waals surface area contributed by atoms with Gasteiger partial charge in [-0.15, -0.1) is 0 Å². The monoisotopic (exact) mass is 256 g/mol. The molecular weight excluding hydrogens is 236 g/mol. The van der Waals surface area contributed by atoms with Crippen molar-refractivity contribution in [3.05, 3.63) is 29.8 Å². The average molecular weight is 256 g/mol. The zero-order valence-corrected chi connectivity index (χ0v) is 11.7. The van der Waals surface area contributed by atoms with Crippen LogP contribution in [0, 0.1) is 0 Å². The molecule has 0 unspecified atom stereocenters. The minimum Gasteiger partial charge on any atom is -0.260 e. The molecular formula is C13H20O3S. The molecule has 0 spiro atoms. The molecule has 0 aliphatic rings. The quantitative estimate of drug-likeness (QED) is 0.760. The van der Waals surface area contributed by atoms with Crippen LogP contribution in [0.15, 0.2) is 29.2 Å². The van der Waals surface area contributed by atoms with Crippen molar-refractivity contribution >= 4 is 10.1 Å². The predicted molar refractivity (Wildman–Crippen MR) is 68.5 cm³/mol. The van der Waals surface area contributed by atoms with Crippen LogP contribution in [0.25, 0.3) is 0 Å². The van der Waals surface area contributed by atoms with Gasteiger partial charge in [0.05, 0.1) is 10.5 Å². The Hall–Kier alpha value is -0.870. The highest BCUT2D eigenvalue weighted by molar-refractivity contribution is 7.86. The van der Waals surface area contributed by atoms with E-state index >= 15 is 0 Å². The topological polar surface area (TPSA) is 43.4 Å². The number of rotatable bonds is 5. The lowest BCUT2D eigenvalue weighted by Gasteiger charge is -2.22. The van der Waals surface area contributed by atoms with Crippen LogP contribution in [-0.4, -0.2) is 14.0 Å². The summed E-state index contributed by atoms with van der Waals surface area (Å²) in [6.07, 6.45) is 1.44. The van der Waals surface area contributed by atoms with Crippen LogP contribution < -0.4 is 0 Å². The van der Waals surface area contributed by atoms with Gasteiger partial charge in [0, 0.05) is 0 Å². The van der Waals surface area contributed by atoms with Crippen molar-refractivity contribution in [2.75, 3.05) is 0 Å². The first-order chi connectivity index (χ1) is 7.80. The largest absolute Gasteiger partial charge is 0.297 e. The third-order valence-electron chi connectivity index (χ3n) is 2.78. The summed E-state index contributed by atoms with van der Waals surface area (Å²) in [5.41, 5.74) is 0.324. The molecule has 17 heavy (non-hydrogen) atoms. The zero-order chi connectivity index (χ0) is 13.1. The second kappa shape index (κ2) is 5.19. The first kappa shape index (κ1) is 14.2. The number of benzene rings is 1. The van der Waals surface area contributed by atoms with Gasteiger partial charge >= 0.3 is 0 Å². The highest BCUT2D eigenvalue weighted by Gasteiger charge is 2.26. The molecule has 0 aliphatic heterocycles. The Bertz CT molecular complexity index is 475. The normalized spacial score (nSPS) is 12.7. The van der Waals surface area contributed by atoms with Crippen LogP contribution in [0.2, 0.25) is 0 Å². The molecule has 1 rings (SSSR count). The van der Waals surface area contributed by atoms with Crippen molar-refractivity contribution in [3.8, 4) is 0 Å². The fourth-order valence-corrected chi connectivity index (χ4v) is 2.67. The van der Waals surface area contributed by atoms with Crippen molar-refractivity contribution in [2.24, 2.45) is 0 Å². The Kier molecular flexibility index (Phi) is 4.33. The van der Waals surface area contributed by atoms with Gasteiger partial charge in [0.1, 0.15) is 0 Å². The van der Waals surface area contributed by atoms with Gasteiger partial charge in [-0.2, -0.15) is 8.42 Å². The maximum Gasteiger partial charge on any atom is 0.297 e. The summed E-state index contributed by atoms with van der Waals surface area (Å²) in [7, 11) is -3.66. The first-order valence-electron chi connectivity index (χ1n) is 5.85. The lowest BCUT2D eigenvalue weighted by Crippen LogP contribution is -2.27. The highest BCUT2D eigenvalue weighted by atomic mass is 32.2. The molecule has 0 saturated carbocycles. The van der Waals surface area contributed by atoms with Crippen LogP contribution in [0.1, 0.15) is 39.7 Å². The van der Waals surface area contributed by atoms with E-state index in [1.165, 1.54) is 0 Å². The molecule has 0 N–H and O–H groups in total. The molecule has 96 valence electrons. The molecule has 1 aromatic rings. The van der Waals surface area contributed by atoms with Crippen LogP contribution in [-0.2, 0) is 20.7 Å². The molecule has 0 fully saturated rings. The fourth-order valence-electron chi connectivity index (χ4n) is 1.32. The molecule has 0 heterocycles. The van der Waals surface area contributed by atoms with Gasteiger partial charge in [0.2, 0.25) is 0 Å². The number of aryl methyl sites for hydroxylation is 1. The lowest BCUT2D eigenvalue weighted by molar-refractivity contribution is 0.114. The van der Waals surface area contributed by atoms with E-state index in [1.807, 2.05) is 19.9 Å². The SMILES string of the molecule is CCc1cccc(S(=O)(=O)OC(C)(C)CC)c1. The van der Waals surface area contributed by atoms with Crippen molar-refractivity contribution in [1.29, 1.82) is 0 Å². The molecule has 4 heteroatoms. The Balaban J connectivity index is 3.05. The van der Waals surface area contributed by atoms with E-state index in [4.69, 9.17) is 4.18 Å². The van der Waals surface area contributed by atoms with E-state index in [1.54, 1.807) is 32.0 Å². The molecule has 3 nitrogen and oxygen atoms in total. The maximum absolute atomic E-state index is 12.1. The van der Waals surface area contributed by atoms with E-state index in [0.717, 1.165) is 12.0 Å². The predicted octanol–water partition coefficient (Wildman–Crippen LogP) is 3.14. The van der Waals surface area contributed by atoms with Gasteiger partial charge in [-0.1, -0.05) is 26.0 Å². The molecule has 0 radical (unpaired) electrons. The summed E-state index contributed by atoms with van der Waals surface area (Å²) in [6.45, 7) is 7.43. The van der Waals surface area contributed by atoms with Gasteiger partial charge < -0.3 is 0 Å². The molecule has 0 saturated heterocycles. The average Bonchev–Trinajstić information content (AvgIpc) is 2.28. The second-order valence-electron chi connectivity index (χ2n) is 4.65. The van der Waals surface area contributed by atoms with Crippen molar-refractivity contribution < 1.29 is 12.6 Å². The standard InChI is InChI=1S/C13H20O3S/c1-5-11-8-7-9-12(10-11)17(14,15)16-13(3,4)6-2/h7-10H,5-6H2,1-4H3. The third-order valence-corrected chi connectivity index (χ3v) is 4.28. The van der Waals surface area contributed by atoms with Crippen LogP contribution in [0.3, 0.4) is 0 Å². The summed E-state index contributed by atoms with van der Waals surface area (Å²) in [4.78, 5) is 0.235. The lowest BCUT2D eigenvalue weighted by atomic mass is 10.1. The Morgan fingerprint density at radius 1 is 1.24 bits per heavy atom. The van der Waals surface area contributed by atoms with Crippen molar-refractivity contribution in [1.82, 2.24) is 0 Å². The van der Waals surface area contributed by atoms with E-state index in [9.17, 15) is 8.42 Å². The molecule has 0 amide bonds. The first-order valence-corrected chi connectivity index (χ1v) is 7.26. The van der Waals surface area contributed by atoms with E-state index in [2.05, 4.69) is 0 Å². The Morgan fingerprint density at radius 2 is 1.88 bits per heavy atom. The molecule has 0 bridgehead atoms. The van der Waals surface area contributed by atoms with Gasteiger partial charge in [0.15, 0.2) is 0 Å². The van der Waals surface area contributed by atoms with Crippen LogP contribution in [0.5, 0.6) is 0 Å². The highest BCUT2D eigenvalue weighted by Crippen LogP contribution is 2.23. The Labute approximate surface area is 104 Å². The summed E-state index contributed by atoms with van der Waals surface area (Å²) < 4.78 is 29.3. The van der Waals surface area contributed by atoms with Gasteiger partial charge in [-0.05, 0) is 44.4 Å². The summed E-state index contributed by atoms with van der Waals surface area (Å²) >= 11 is 0. The van der Waals surface area contributed by atoms with Crippen LogP contribution in [0.4, 0.5) is 0 Å². The smallest absolute Gasteiger partial charge is 0.260 e.